The van der Waals surface area contributed by atoms with E-state index in [-0.39, 0.29) is 22.9 Å². The number of benzene rings is 1. The second kappa shape index (κ2) is 16.6. The third kappa shape index (κ3) is 9.78. The Morgan fingerprint density at radius 1 is 0.889 bits per heavy atom. The van der Waals surface area contributed by atoms with Gasteiger partial charge in [0.1, 0.15) is 17.8 Å². The molecule has 2 heterocycles. The van der Waals surface area contributed by atoms with Crippen LogP contribution in [0.25, 0.3) is 11.3 Å². The monoisotopic (exact) mass is 789 g/mol. The van der Waals surface area contributed by atoms with Crippen molar-refractivity contribution in [2.24, 2.45) is 10.8 Å². The number of halogens is 8. The van der Waals surface area contributed by atoms with E-state index < -0.39 is 95.8 Å². The zero-order valence-corrected chi connectivity index (χ0v) is 29.7. The molecule has 0 fully saturated rings. The molecule has 5 N–H and O–H groups in total. The van der Waals surface area contributed by atoms with E-state index in [1.54, 1.807) is 10.6 Å². The third-order valence-electron chi connectivity index (χ3n) is 8.62. The van der Waals surface area contributed by atoms with Crippen LogP contribution in [0.2, 0.25) is 0 Å². The van der Waals surface area contributed by atoms with E-state index in [1.165, 1.54) is 10.7 Å². The minimum atomic E-state index is -5.17. The maximum atomic E-state index is 15.9. The topological polar surface area (TPSA) is 185 Å². The van der Waals surface area contributed by atoms with Crippen LogP contribution in [0, 0.1) is 22.5 Å². The van der Waals surface area contributed by atoms with E-state index in [4.69, 9.17) is 4.74 Å². The molecule has 1 aliphatic heterocycles. The number of carbonyl (C=O) groups is 4. The number of nitrogens with one attached hydrogen (secondary N) is 4. The first-order chi connectivity index (χ1) is 24.8. The molecule has 0 saturated carbocycles. The van der Waals surface area contributed by atoms with Gasteiger partial charge in [-0.15, -0.1) is 0 Å². The molecule has 0 bridgehead atoms. The predicted octanol–water partition coefficient (Wildman–Crippen LogP) is 3.30. The summed E-state index contributed by atoms with van der Waals surface area (Å²) in [5, 5.41) is 20.8. The van der Waals surface area contributed by atoms with Gasteiger partial charge in [0.05, 0.1) is 68.8 Å². The molecule has 0 radical (unpaired) electrons. The zero-order valence-electron chi connectivity index (χ0n) is 29.7. The predicted molar refractivity (Wildman–Crippen MR) is 170 cm³/mol. The summed E-state index contributed by atoms with van der Waals surface area (Å²) < 4.78 is 131. The number of aromatic nitrogens is 2. The molecule has 0 saturated heterocycles. The molecule has 1 aromatic carbocycles. The Bertz CT molecular complexity index is 1650. The molecule has 0 spiro atoms. The summed E-state index contributed by atoms with van der Waals surface area (Å²) in [5.41, 5.74) is -4.69. The van der Waals surface area contributed by atoms with Crippen LogP contribution >= 0.6 is 0 Å². The van der Waals surface area contributed by atoms with Crippen molar-refractivity contribution in [2.45, 2.75) is 71.4 Å². The lowest BCUT2D eigenvalue weighted by atomic mass is 9.83. The Morgan fingerprint density at radius 3 is 1.85 bits per heavy atom. The van der Waals surface area contributed by atoms with Crippen molar-refractivity contribution in [1.82, 2.24) is 31.2 Å². The first kappa shape index (κ1) is 43.5. The first-order valence-electron chi connectivity index (χ1n) is 15.9. The fourth-order valence-electron chi connectivity index (χ4n) is 5.02. The molecular formula is C31H39F8N7O8. The lowest BCUT2D eigenvalue weighted by Crippen LogP contribution is -2.62. The van der Waals surface area contributed by atoms with Crippen LogP contribution < -0.4 is 26.4 Å². The molecule has 4 amide bonds. The number of nitrogens with zero attached hydrogens (tertiary/aromatic N) is 3. The number of rotatable bonds is 13. The van der Waals surface area contributed by atoms with Crippen LogP contribution in [0.4, 0.5) is 50.4 Å². The molecule has 23 heteroatoms. The van der Waals surface area contributed by atoms with Gasteiger partial charge in [-0.25, -0.2) is 18.4 Å². The number of hydrogen-bond donors (Lipinski definition) is 5. The number of aliphatic hydroxyl groups is 1. The van der Waals surface area contributed by atoms with Crippen LogP contribution in [-0.4, -0.2) is 103 Å². The minimum Gasteiger partial charge on any atom is -0.453 e. The molecule has 1 aromatic heterocycles. The number of carbonyl (C=O) groups excluding carboxylic acids is 4. The van der Waals surface area contributed by atoms with Gasteiger partial charge in [-0.2, -0.15) is 31.4 Å². The number of aliphatic hydroxyl groups excluding tert-OH is 1. The van der Waals surface area contributed by atoms with Gasteiger partial charge in [0.25, 0.3) is 5.91 Å². The van der Waals surface area contributed by atoms with Crippen molar-refractivity contribution < 1.29 is 73.6 Å². The Hall–Kier alpha value is -4.93. The van der Waals surface area contributed by atoms with Crippen molar-refractivity contribution in [3.05, 3.63) is 35.5 Å². The summed E-state index contributed by atoms with van der Waals surface area (Å²) in [7, 11) is 1.61. The van der Waals surface area contributed by atoms with Gasteiger partial charge >= 0.3 is 24.5 Å². The van der Waals surface area contributed by atoms with E-state index in [9.17, 15) is 50.6 Å². The number of fused-ring (bicyclic) bond motifs is 1. The van der Waals surface area contributed by atoms with Crippen molar-refractivity contribution in [3.8, 4) is 11.3 Å². The van der Waals surface area contributed by atoms with Crippen LogP contribution in [0.1, 0.15) is 33.4 Å². The minimum absolute atomic E-state index is 0.101. The van der Waals surface area contributed by atoms with Gasteiger partial charge in [0.15, 0.2) is 11.6 Å². The summed E-state index contributed by atoms with van der Waals surface area (Å²) in [6.07, 6.45) is -15.2. The second-order valence-electron chi connectivity index (χ2n) is 13.1. The van der Waals surface area contributed by atoms with Crippen LogP contribution in [-0.2, 0) is 37.0 Å². The Labute approximate surface area is 302 Å². The molecule has 54 heavy (non-hydrogen) atoms. The Balaban J connectivity index is 2.01. The third-order valence-corrected chi connectivity index (χ3v) is 8.62. The fraction of sp³-hybridized carbons (Fsp3) is 0.581. The summed E-state index contributed by atoms with van der Waals surface area (Å²) in [4.78, 5) is 50.2. The van der Waals surface area contributed by atoms with Crippen LogP contribution in [0.5, 0.6) is 0 Å². The average Bonchev–Trinajstić information content (AvgIpc) is 3.51. The molecule has 0 aliphatic carbocycles. The highest BCUT2D eigenvalue weighted by molar-refractivity contribution is 5.88. The quantitative estimate of drug-likeness (QED) is 0.149. The van der Waals surface area contributed by atoms with Crippen molar-refractivity contribution in [2.75, 3.05) is 38.9 Å². The molecule has 3 rings (SSSR count). The summed E-state index contributed by atoms with van der Waals surface area (Å²) in [6.45, 7) is 0.940. The van der Waals surface area contributed by atoms with E-state index in [2.05, 4.69) is 14.6 Å². The highest BCUT2D eigenvalue weighted by Crippen LogP contribution is 2.42. The van der Waals surface area contributed by atoms with Gasteiger partial charge in [0.2, 0.25) is 5.91 Å². The number of amides is 4. The lowest BCUT2D eigenvalue weighted by molar-refractivity contribution is -0.220. The standard InChI is InChI=1S/C31H39F8N7O8/c1-28(2,30(34,35)36)22(41-26(50)52-5)24(48)40-12-17(47)13-46(44-25(49)23(42-27(51)53-6)29(3,4)31(37,38)39)21-18(32)9-15(10-19(21)33)20-11-16-14-54-8-7-45(16)43-20/h9-11,17,22-23,47H,7-8,12-14H2,1-6H3,(H,40,48)(H,41,50)(H,42,51)(H,44,49)/t17-,22?,23-/m1/s1. The highest BCUT2D eigenvalue weighted by atomic mass is 19.4. The van der Waals surface area contributed by atoms with Gasteiger partial charge in [0, 0.05) is 12.1 Å². The number of alkyl carbamates (subject to hydrolysis) is 2. The summed E-state index contributed by atoms with van der Waals surface area (Å²) in [6, 6.07) is -1.84. The first-order valence-corrected chi connectivity index (χ1v) is 15.9. The average molecular weight is 790 g/mol. The van der Waals surface area contributed by atoms with Crippen molar-refractivity contribution in [3.63, 3.8) is 0 Å². The molecule has 1 unspecified atom stereocenters. The molecule has 1 aliphatic rings. The zero-order chi connectivity index (χ0) is 41.0. The number of hydrogen-bond acceptors (Lipinski definition) is 10. The summed E-state index contributed by atoms with van der Waals surface area (Å²) >= 11 is 0. The maximum Gasteiger partial charge on any atom is 0.407 e. The molecule has 15 nitrogen and oxygen atoms in total. The van der Waals surface area contributed by atoms with E-state index >= 15 is 8.78 Å². The highest BCUT2D eigenvalue weighted by Gasteiger charge is 2.57. The number of methoxy groups -OCH3 is 2. The smallest absolute Gasteiger partial charge is 0.407 e. The Morgan fingerprint density at radius 2 is 1.39 bits per heavy atom. The molecular weight excluding hydrogens is 750 g/mol. The Kier molecular flexibility index (Phi) is 13.4. The van der Waals surface area contributed by atoms with Crippen molar-refractivity contribution >= 4 is 29.7 Å². The number of hydrazine groups is 1. The van der Waals surface area contributed by atoms with Gasteiger partial charge in [-0.05, 0) is 45.9 Å². The molecule has 2 aromatic rings. The lowest BCUT2D eigenvalue weighted by Gasteiger charge is -2.37. The van der Waals surface area contributed by atoms with E-state index in [1.807, 2.05) is 10.7 Å². The van der Waals surface area contributed by atoms with Crippen LogP contribution in [0.3, 0.4) is 0 Å². The number of alkyl halides is 6. The van der Waals surface area contributed by atoms with E-state index in [0.29, 0.717) is 46.5 Å². The second-order valence-corrected chi connectivity index (χ2v) is 13.1. The fourth-order valence-corrected chi connectivity index (χ4v) is 5.02. The molecule has 302 valence electrons. The normalized spacial score (nSPS) is 15.2. The molecule has 3 atom stereocenters. The number of anilines is 1. The SMILES string of the molecule is COC(=O)NC(C(=O)NC[C@@H](O)CN(NC(=O)[C@@H](NC(=O)OC)C(C)(C)C(F)(F)F)c1c(F)cc(-c2cc3n(n2)CCOC3)cc1F)C(C)(C)C(F)(F)F. The van der Waals surface area contributed by atoms with E-state index in [0.717, 1.165) is 26.4 Å². The van der Waals surface area contributed by atoms with Gasteiger partial charge < -0.3 is 35.3 Å². The van der Waals surface area contributed by atoms with Gasteiger partial charge in [-0.3, -0.25) is 24.7 Å². The maximum absolute atomic E-state index is 15.9. The summed E-state index contributed by atoms with van der Waals surface area (Å²) in [5.74, 6) is -6.09. The largest absolute Gasteiger partial charge is 0.453 e. The van der Waals surface area contributed by atoms with Crippen molar-refractivity contribution in [1.29, 1.82) is 0 Å². The van der Waals surface area contributed by atoms with Crippen LogP contribution in [0.15, 0.2) is 18.2 Å². The van der Waals surface area contributed by atoms with Gasteiger partial charge in [-0.1, -0.05) is 0 Å². The number of ether oxygens (including phenoxy) is 3.